The molecule has 0 radical (unpaired) electrons. The minimum atomic E-state index is 0.511. The fraction of sp³-hybridized carbons (Fsp3) is 0.143. The van der Waals surface area contributed by atoms with Gasteiger partial charge in [0.25, 0.3) is 5.95 Å². The highest BCUT2D eigenvalue weighted by Gasteiger charge is 2.00. The van der Waals surface area contributed by atoms with E-state index in [9.17, 15) is 0 Å². The van der Waals surface area contributed by atoms with Crippen LogP contribution in [0.5, 0.6) is 0 Å². The first-order valence-corrected chi connectivity index (χ1v) is 5.12. The Balaban J connectivity index is 2.56. The minimum absolute atomic E-state index is 0.511. The van der Waals surface area contributed by atoms with Crippen molar-refractivity contribution in [2.24, 2.45) is 0 Å². The third-order valence-electron chi connectivity index (χ3n) is 2.50. The van der Waals surface area contributed by atoms with Gasteiger partial charge in [-0.1, -0.05) is 42.5 Å². The Labute approximate surface area is 95.1 Å². The summed E-state index contributed by atoms with van der Waals surface area (Å²) in [5.41, 5.74) is 1.09. The predicted octanol–water partition coefficient (Wildman–Crippen LogP) is 3.43. The van der Waals surface area contributed by atoms with Gasteiger partial charge in [-0.05, 0) is 16.3 Å². The lowest BCUT2D eigenvalue weighted by atomic mass is 10.0. The van der Waals surface area contributed by atoms with Crippen LogP contribution in [0.25, 0.3) is 16.8 Å². The number of methoxy groups -OCH3 is 2. The number of hydrogen-bond donors (Lipinski definition) is 0. The van der Waals surface area contributed by atoms with Crippen molar-refractivity contribution < 1.29 is 9.47 Å². The summed E-state index contributed by atoms with van der Waals surface area (Å²) in [5.74, 6) is 0.511. The van der Waals surface area contributed by atoms with Gasteiger partial charge in [0.1, 0.15) is 0 Å². The molecule has 0 amide bonds. The maximum absolute atomic E-state index is 5.09. The first kappa shape index (κ1) is 10.6. The van der Waals surface area contributed by atoms with E-state index in [1.807, 2.05) is 30.3 Å². The predicted molar refractivity (Wildman–Crippen MR) is 65.9 cm³/mol. The van der Waals surface area contributed by atoms with Crippen LogP contribution in [0.4, 0.5) is 0 Å². The van der Waals surface area contributed by atoms with Gasteiger partial charge in [-0.15, -0.1) is 0 Å². The van der Waals surface area contributed by atoms with E-state index in [4.69, 9.17) is 9.47 Å². The largest absolute Gasteiger partial charge is 0.469 e. The molecule has 0 fully saturated rings. The zero-order valence-corrected chi connectivity index (χ0v) is 9.44. The third kappa shape index (κ3) is 2.01. The fourth-order valence-corrected chi connectivity index (χ4v) is 1.70. The van der Waals surface area contributed by atoms with Gasteiger partial charge in [0, 0.05) is 6.08 Å². The van der Waals surface area contributed by atoms with Gasteiger partial charge in [-0.25, -0.2) is 0 Å². The minimum Gasteiger partial charge on any atom is -0.469 e. The van der Waals surface area contributed by atoms with Crippen LogP contribution in [0.15, 0.2) is 48.4 Å². The number of rotatable bonds is 3. The maximum atomic E-state index is 5.09. The van der Waals surface area contributed by atoms with Gasteiger partial charge >= 0.3 is 0 Å². The molecule has 0 saturated heterocycles. The summed E-state index contributed by atoms with van der Waals surface area (Å²) in [7, 11) is 3.20. The molecule has 16 heavy (non-hydrogen) atoms. The topological polar surface area (TPSA) is 18.5 Å². The average Bonchev–Trinajstić information content (AvgIpc) is 2.36. The molecule has 0 bridgehead atoms. The quantitative estimate of drug-likeness (QED) is 0.729. The van der Waals surface area contributed by atoms with Gasteiger partial charge < -0.3 is 9.47 Å². The first-order chi connectivity index (χ1) is 7.85. The van der Waals surface area contributed by atoms with E-state index in [0.717, 1.165) is 5.56 Å². The van der Waals surface area contributed by atoms with Crippen molar-refractivity contribution in [3.63, 3.8) is 0 Å². The van der Waals surface area contributed by atoms with Gasteiger partial charge in [0.05, 0.1) is 14.2 Å². The van der Waals surface area contributed by atoms with E-state index in [0.29, 0.717) is 5.95 Å². The normalized spacial score (nSPS) is 9.88. The molecule has 0 atom stereocenters. The Bertz CT molecular complexity index is 504. The molecule has 0 heterocycles. The van der Waals surface area contributed by atoms with Crippen molar-refractivity contribution in [1.82, 2.24) is 0 Å². The van der Waals surface area contributed by atoms with Crippen LogP contribution in [0, 0.1) is 0 Å². The Kier molecular flexibility index (Phi) is 3.10. The van der Waals surface area contributed by atoms with Crippen molar-refractivity contribution in [2.75, 3.05) is 14.2 Å². The second kappa shape index (κ2) is 4.71. The average molecular weight is 214 g/mol. The van der Waals surface area contributed by atoms with Crippen molar-refractivity contribution in [3.8, 4) is 0 Å². The lowest BCUT2D eigenvalue weighted by molar-refractivity contribution is 0.100. The lowest BCUT2D eigenvalue weighted by Gasteiger charge is -2.05. The summed E-state index contributed by atoms with van der Waals surface area (Å²) >= 11 is 0. The van der Waals surface area contributed by atoms with Crippen molar-refractivity contribution in [2.45, 2.75) is 0 Å². The molecule has 2 nitrogen and oxygen atoms in total. The molecule has 0 aliphatic heterocycles. The molecule has 2 rings (SSSR count). The van der Waals surface area contributed by atoms with Crippen LogP contribution in [0.3, 0.4) is 0 Å². The molecule has 0 aromatic heterocycles. The zero-order chi connectivity index (χ0) is 11.4. The molecular weight excluding hydrogens is 200 g/mol. The Morgan fingerprint density at radius 2 is 1.62 bits per heavy atom. The standard InChI is InChI=1S/C14H14O2/c1-15-14(16-2)10-12-8-5-7-11-6-3-4-9-13(11)12/h3-10H,1-2H3. The van der Waals surface area contributed by atoms with Gasteiger partial charge in [-0.2, -0.15) is 0 Å². The summed E-state index contributed by atoms with van der Waals surface area (Å²) < 4.78 is 10.2. The number of hydrogen-bond acceptors (Lipinski definition) is 2. The van der Waals surface area contributed by atoms with Crippen molar-refractivity contribution in [3.05, 3.63) is 54.0 Å². The van der Waals surface area contributed by atoms with Crippen molar-refractivity contribution >= 4 is 16.8 Å². The summed E-state index contributed by atoms with van der Waals surface area (Å²) in [5, 5.41) is 2.40. The van der Waals surface area contributed by atoms with E-state index in [2.05, 4.69) is 18.2 Å². The highest BCUT2D eigenvalue weighted by molar-refractivity contribution is 5.90. The number of ether oxygens (including phenoxy) is 2. The van der Waals surface area contributed by atoms with E-state index in [-0.39, 0.29) is 0 Å². The van der Waals surface area contributed by atoms with Gasteiger partial charge in [0.2, 0.25) is 0 Å². The Morgan fingerprint density at radius 1 is 0.938 bits per heavy atom. The van der Waals surface area contributed by atoms with E-state index in [1.165, 1.54) is 10.8 Å². The summed E-state index contributed by atoms with van der Waals surface area (Å²) in [6.45, 7) is 0. The smallest absolute Gasteiger partial charge is 0.279 e. The molecule has 0 aliphatic carbocycles. The second-order valence-electron chi connectivity index (χ2n) is 3.44. The lowest BCUT2D eigenvalue weighted by Crippen LogP contribution is -1.89. The van der Waals surface area contributed by atoms with Crippen LogP contribution >= 0.6 is 0 Å². The van der Waals surface area contributed by atoms with Crippen LogP contribution in [0.2, 0.25) is 0 Å². The summed E-state index contributed by atoms with van der Waals surface area (Å²) in [6.07, 6.45) is 1.89. The van der Waals surface area contributed by atoms with Crippen LogP contribution in [-0.2, 0) is 9.47 Å². The van der Waals surface area contributed by atoms with Crippen LogP contribution in [0.1, 0.15) is 5.56 Å². The molecular formula is C14H14O2. The Hall–Kier alpha value is -1.96. The SMILES string of the molecule is COC(=Cc1cccc2ccccc12)OC. The monoisotopic (exact) mass is 214 g/mol. The molecule has 0 unspecified atom stereocenters. The van der Waals surface area contributed by atoms with Crippen LogP contribution < -0.4 is 0 Å². The van der Waals surface area contributed by atoms with Crippen LogP contribution in [-0.4, -0.2) is 14.2 Å². The molecule has 82 valence electrons. The van der Waals surface area contributed by atoms with E-state index < -0.39 is 0 Å². The van der Waals surface area contributed by atoms with E-state index in [1.54, 1.807) is 14.2 Å². The molecule has 0 aliphatic rings. The third-order valence-corrected chi connectivity index (χ3v) is 2.50. The maximum Gasteiger partial charge on any atom is 0.279 e. The molecule has 2 heteroatoms. The fourth-order valence-electron chi connectivity index (χ4n) is 1.70. The second-order valence-corrected chi connectivity index (χ2v) is 3.44. The van der Waals surface area contributed by atoms with Gasteiger partial charge in [-0.3, -0.25) is 0 Å². The summed E-state index contributed by atoms with van der Waals surface area (Å²) in [4.78, 5) is 0. The van der Waals surface area contributed by atoms with E-state index >= 15 is 0 Å². The molecule has 2 aromatic carbocycles. The molecule has 2 aromatic rings. The van der Waals surface area contributed by atoms with Crippen molar-refractivity contribution in [1.29, 1.82) is 0 Å². The van der Waals surface area contributed by atoms with Gasteiger partial charge in [0.15, 0.2) is 0 Å². The highest BCUT2D eigenvalue weighted by atomic mass is 16.7. The Morgan fingerprint density at radius 3 is 2.38 bits per heavy atom. The zero-order valence-electron chi connectivity index (χ0n) is 9.44. The number of fused-ring (bicyclic) bond motifs is 1. The number of benzene rings is 2. The first-order valence-electron chi connectivity index (χ1n) is 5.12. The molecule has 0 saturated carbocycles. The molecule has 0 spiro atoms. The highest BCUT2D eigenvalue weighted by Crippen LogP contribution is 2.20. The molecule has 0 N–H and O–H groups in total. The summed E-state index contributed by atoms with van der Waals surface area (Å²) in [6, 6.07) is 14.4.